The largest absolute Gasteiger partial charge is 0.457 e. The number of carbonyl (C=O) groups is 1. The van der Waals surface area contributed by atoms with E-state index >= 15 is 0 Å². The zero-order chi connectivity index (χ0) is 21.3. The van der Waals surface area contributed by atoms with Gasteiger partial charge in [0.25, 0.3) is 11.6 Å². The van der Waals surface area contributed by atoms with Crippen LogP contribution in [0.15, 0.2) is 36.4 Å². The van der Waals surface area contributed by atoms with Crippen LogP contribution in [0, 0.1) is 17.0 Å². The van der Waals surface area contributed by atoms with Gasteiger partial charge in [0, 0.05) is 12.1 Å². The lowest BCUT2D eigenvalue weighted by molar-refractivity contribution is -0.385. The molecular weight excluding hydrogens is 405 g/mol. The molecule has 0 spiro atoms. The van der Waals surface area contributed by atoms with E-state index in [9.17, 15) is 36.5 Å². The first-order chi connectivity index (χ1) is 12.8. The summed E-state index contributed by atoms with van der Waals surface area (Å²) >= 11 is 0. The third kappa shape index (κ3) is 5.19. The van der Waals surface area contributed by atoms with Crippen LogP contribution in [0.4, 0.5) is 18.9 Å². The van der Waals surface area contributed by atoms with Crippen LogP contribution >= 0.6 is 0 Å². The molecule has 2 rings (SSSR count). The molecule has 0 unspecified atom stereocenters. The summed E-state index contributed by atoms with van der Waals surface area (Å²) in [5.74, 6) is -1.33. The summed E-state index contributed by atoms with van der Waals surface area (Å²) in [5, 5.41) is 11.1. The standard InChI is InChI=1S/C16H13F3N2O6S/c1-9-7-10(16(17,18)19)3-6-14(9)27-11-4-5-13(21(23)24)12(8-11)15(22)20-28(2,25)26/h3-8H,1-2H3,(H,20,22). The van der Waals surface area contributed by atoms with Crippen LogP contribution < -0.4 is 9.46 Å². The molecule has 8 nitrogen and oxygen atoms in total. The van der Waals surface area contributed by atoms with E-state index in [1.807, 2.05) is 0 Å². The fraction of sp³-hybridized carbons (Fsp3) is 0.188. The van der Waals surface area contributed by atoms with Crippen LogP contribution in [0.25, 0.3) is 0 Å². The minimum atomic E-state index is -4.53. The van der Waals surface area contributed by atoms with Gasteiger partial charge in [0.1, 0.15) is 17.1 Å². The van der Waals surface area contributed by atoms with Gasteiger partial charge in [-0.1, -0.05) is 0 Å². The average Bonchev–Trinajstić information content (AvgIpc) is 2.54. The summed E-state index contributed by atoms with van der Waals surface area (Å²) < 4.78 is 67.6. The van der Waals surface area contributed by atoms with Gasteiger partial charge in [-0.3, -0.25) is 14.9 Å². The second kappa shape index (κ2) is 7.46. The van der Waals surface area contributed by atoms with E-state index in [-0.39, 0.29) is 17.1 Å². The molecule has 28 heavy (non-hydrogen) atoms. The van der Waals surface area contributed by atoms with E-state index in [0.29, 0.717) is 6.26 Å². The lowest BCUT2D eigenvalue weighted by atomic mass is 10.1. The van der Waals surface area contributed by atoms with Crippen molar-refractivity contribution in [3.05, 3.63) is 63.2 Å². The average molecular weight is 418 g/mol. The van der Waals surface area contributed by atoms with Crippen LogP contribution in [-0.2, 0) is 16.2 Å². The monoisotopic (exact) mass is 418 g/mol. The second-order valence-corrected chi connectivity index (χ2v) is 7.47. The van der Waals surface area contributed by atoms with Crippen LogP contribution in [0.5, 0.6) is 11.5 Å². The molecule has 0 aliphatic carbocycles. The molecule has 0 aliphatic rings. The van der Waals surface area contributed by atoms with Gasteiger partial charge >= 0.3 is 6.18 Å². The quantitative estimate of drug-likeness (QED) is 0.588. The molecule has 150 valence electrons. The van der Waals surface area contributed by atoms with Crippen molar-refractivity contribution < 1.29 is 36.0 Å². The molecule has 1 N–H and O–H groups in total. The number of nitrogens with zero attached hydrogens (tertiary/aromatic N) is 1. The summed E-state index contributed by atoms with van der Waals surface area (Å²) in [6, 6.07) is 5.70. The van der Waals surface area contributed by atoms with Crippen molar-refractivity contribution in [2.24, 2.45) is 0 Å². The number of nitrogens with one attached hydrogen (secondary N) is 1. The van der Waals surface area contributed by atoms with Gasteiger partial charge in [-0.25, -0.2) is 13.1 Å². The highest BCUT2D eigenvalue weighted by Crippen LogP contribution is 2.34. The van der Waals surface area contributed by atoms with E-state index < -0.39 is 43.8 Å². The van der Waals surface area contributed by atoms with Gasteiger partial charge in [0.15, 0.2) is 0 Å². The Morgan fingerprint density at radius 1 is 1.18 bits per heavy atom. The maximum atomic E-state index is 12.7. The van der Waals surface area contributed by atoms with Gasteiger partial charge < -0.3 is 4.74 Å². The van der Waals surface area contributed by atoms with Crippen molar-refractivity contribution in [2.45, 2.75) is 13.1 Å². The highest BCUT2D eigenvalue weighted by atomic mass is 32.2. The molecular formula is C16H13F3N2O6S. The summed E-state index contributed by atoms with van der Waals surface area (Å²) in [5.41, 5.74) is -2.00. The molecule has 0 saturated carbocycles. The Balaban J connectivity index is 2.41. The molecule has 0 radical (unpaired) electrons. The van der Waals surface area contributed by atoms with E-state index in [4.69, 9.17) is 4.74 Å². The SMILES string of the molecule is Cc1cc(C(F)(F)F)ccc1Oc1ccc([N+](=O)[O-])c(C(=O)NS(C)(=O)=O)c1. The molecule has 2 aromatic rings. The van der Waals surface area contributed by atoms with Crippen LogP contribution in [0.1, 0.15) is 21.5 Å². The van der Waals surface area contributed by atoms with Crippen molar-refractivity contribution >= 4 is 21.6 Å². The predicted octanol–water partition coefficient (Wildman–Crippen LogP) is 3.40. The number of alkyl halides is 3. The first kappa shape index (κ1) is 21.2. The van der Waals surface area contributed by atoms with Gasteiger partial charge in [0.2, 0.25) is 10.0 Å². The summed E-state index contributed by atoms with van der Waals surface area (Å²) in [4.78, 5) is 22.2. The van der Waals surface area contributed by atoms with Crippen LogP contribution in [-0.4, -0.2) is 25.5 Å². The number of hydrogen-bond acceptors (Lipinski definition) is 6. The number of hydrogen-bond donors (Lipinski definition) is 1. The molecule has 2 aromatic carbocycles. The first-order valence-corrected chi connectivity index (χ1v) is 9.33. The molecule has 0 atom stereocenters. The van der Waals surface area contributed by atoms with E-state index in [1.165, 1.54) is 6.92 Å². The number of rotatable bonds is 5. The number of amides is 1. The van der Waals surface area contributed by atoms with Crippen LogP contribution in [0.3, 0.4) is 0 Å². The number of ether oxygens (including phenoxy) is 1. The molecule has 0 heterocycles. The highest BCUT2D eigenvalue weighted by Gasteiger charge is 2.31. The van der Waals surface area contributed by atoms with Gasteiger partial charge in [-0.2, -0.15) is 13.2 Å². The Labute approximate surface area is 157 Å². The Morgan fingerprint density at radius 3 is 2.32 bits per heavy atom. The van der Waals surface area contributed by atoms with E-state index in [2.05, 4.69) is 0 Å². The number of benzene rings is 2. The normalized spacial score (nSPS) is 11.8. The molecule has 0 aromatic heterocycles. The number of halogens is 3. The Morgan fingerprint density at radius 2 is 1.82 bits per heavy atom. The zero-order valence-corrected chi connectivity index (χ0v) is 15.2. The molecule has 0 aliphatic heterocycles. The number of aryl methyl sites for hydroxylation is 1. The van der Waals surface area contributed by atoms with Crippen molar-refractivity contribution in [1.29, 1.82) is 0 Å². The van der Waals surface area contributed by atoms with Gasteiger partial charge in [-0.15, -0.1) is 0 Å². The molecule has 0 bridgehead atoms. The lowest BCUT2D eigenvalue weighted by Gasteiger charge is -2.13. The molecule has 0 fully saturated rings. The number of carbonyl (C=O) groups excluding carboxylic acids is 1. The molecule has 0 saturated heterocycles. The molecule has 12 heteroatoms. The zero-order valence-electron chi connectivity index (χ0n) is 14.4. The first-order valence-electron chi connectivity index (χ1n) is 7.44. The fourth-order valence-corrected chi connectivity index (χ4v) is 2.66. The third-order valence-corrected chi connectivity index (χ3v) is 3.97. The van der Waals surface area contributed by atoms with Crippen molar-refractivity contribution in [2.75, 3.05) is 6.26 Å². The minimum Gasteiger partial charge on any atom is -0.457 e. The molecule has 1 amide bonds. The smallest absolute Gasteiger partial charge is 0.416 e. The maximum Gasteiger partial charge on any atom is 0.416 e. The van der Waals surface area contributed by atoms with E-state index in [1.54, 1.807) is 4.72 Å². The predicted molar refractivity (Wildman–Crippen MR) is 91.7 cm³/mol. The van der Waals surface area contributed by atoms with Crippen molar-refractivity contribution in [3.8, 4) is 11.5 Å². The van der Waals surface area contributed by atoms with Crippen molar-refractivity contribution in [1.82, 2.24) is 4.72 Å². The highest BCUT2D eigenvalue weighted by molar-refractivity contribution is 7.89. The Hall–Kier alpha value is -3.15. The van der Waals surface area contributed by atoms with Crippen molar-refractivity contribution in [3.63, 3.8) is 0 Å². The van der Waals surface area contributed by atoms with Gasteiger partial charge in [-0.05, 0) is 36.8 Å². The lowest BCUT2D eigenvalue weighted by Crippen LogP contribution is -2.29. The number of sulfonamides is 1. The summed E-state index contributed by atoms with van der Waals surface area (Å²) in [6.07, 6.45) is -3.84. The van der Waals surface area contributed by atoms with Crippen LogP contribution in [0.2, 0.25) is 0 Å². The summed E-state index contributed by atoms with van der Waals surface area (Å²) in [7, 11) is -3.98. The third-order valence-electron chi connectivity index (χ3n) is 3.42. The number of nitro groups is 1. The summed E-state index contributed by atoms with van der Waals surface area (Å²) in [6.45, 7) is 1.37. The Kier molecular flexibility index (Phi) is 5.64. The Bertz CT molecular complexity index is 1050. The topological polar surface area (TPSA) is 116 Å². The maximum absolute atomic E-state index is 12.7. The minimum absolute atomic E-state index is 0.0244. The van der Waals surface area contributed by atoms with Gasteiger partial charge in [0.05, 0.1) is 16.7 Å². The fourth-order valence-electron chi connectivity index (χ4n) is 2.21. The number of nitro benzene ring substituents is 1. The van der Waals surface area contributed by atoms with E-state index in [0.717, 1.165) is 36.4 Å². The second-order valence-electron chi connectivity index (χ2n) is 5.72.